The van der Waals surface area contributed by atoms with E-state index in [1.54, 1.807) is 24.2 Å². The summed E-state index contributed by atoms with van der Waals surface area (Å²) in [6, 6.07) is 4.87. The first kappa shape index (κ1) is 22.7. The molecule has 7 nitrogen and oxygen atoms in total. The Kier molecular flexibility index (Phi) is 6.03. The van der Waals surface area contributed by atoms with E-state index in [2.05, 4.69) is 23.0 Å². The normalized spacial score (nSPS) is 17.8. The maximum atomic E-state index is 15.7. The van der Waals surface area contributed by atoms with Crippen LogP contribution in [0.15, 0.2) is 18.3 Å². The van der Waals surface area contributed by atoms with Crippen LogP contribution in [0.2, 0.25) is 0 Å². The van der Waals surface area contributed by atoms with E-state index >= 15 is 4.39 Å². The van der Waals surface area contributed by atoms with Crippen molar-refractivity contribution in [1.29, 1.82) is 5.26 Å². The molecule has 2 aromatic rings. The van der Waals surface area contributed by atoms with Gasteiger partial charge in [-0.25, -0.2) is 9.18 Å². The van der Waals surface area contributed by atoms with E-state index in [1.165, 1.54) is 10.7 Å². The summed E-state index contributed by atoms with van der Waals surface area (Å²) in [4.78, 5) is 14.1. The lowest BCUT2D eigenvalue weighted by Gasteiger charge is -2.26. The predicted molar refractivity (Wildman–Crippen MR) is 120 cm³/mol. The van der Waals surface area contributed by atoms with E-state index in [1.807, 2.05) is 20.8 Å². The number of aryl methyl sites for hydroxylation is 1. The molecule has 0 radical (unpaired) electrons. The Morgan fingerprint density at radius 3 is 2.67 bits per heavy atom. The highest BCUT2D eigenvalue weighted by molar-refractivity contribution is 5.75. The molecule has 2 fully saturated rings. The number of ether oxygens (including phenoxy) is 2. The first-order chi connectivity index (χ1) is 15.7. The van der Waals surface area contributed by atoms with Crippen LogP contribution in [0.5, 0.6) is 5.75 Å². The number of halogens is 1. The van der Waals surface area contributed by atoms with E-state index in [-0.39, 0.29) is 28.8 Å². The van der Waals surface area contributed by atoms with E-state index in [9.17, 15) is 10.1 Å². The second kappa shape index (κ2) is 8.78. The first-order valence-electron chi connectivity index (χ1n) is 11.1. The Balaban J connectivity index is 1.73. The number of nitrogens with zero attached hydrogens (tertiary/aromatic N) is 4. The van der Waals surface area contributed by atoms with Crippen LogP contribution in [-0.2, 0) is 11.8 Å². The average Bonchev–Trinajstić information content (AvgIpc) is 3.25. The molecule has 33 heavy (non-hydrogen) atoms. The Morgan fingerprint density at radius 2 is 2.06 bits per heavy atom. The van der Waals surface area contributed by atoms with Gasteiger partial charge in [-0.1, -0.05) is 11.8 Å². The first-order valence-corrected chi connectivity index (χ1v) is 11.1. The van der Waals surface area contributed by atoms with Gasteiger partial charge in [0.05, 0.1) is 29.0 Å². The second-order valence-corrected chi connectivity index (χ2v) is 9.36. The number of nitriles is 1. The molecule has 0 bridgehead atoms. The Labute approximate surface area is 193 Å². The third kappa shape index (κ3) is 4.96. The predicted octanol–water partition coefficient (Wildman–Crippen LogP) is 4.39. The van der Waals surface area contributed by atoms with Crippen LogP contribution in [0.25, 0.3) is 11.3 Å². The van der Waals surface area contributed by atoms with Gasteiger partial charge < -0.3 is 9.47 Å². The molecule has 1 unspecified atom stereocenters. The summed E-state index contributed by atoms with van der Waals surface area (Å²) in [5, 5.41) is 13.9. The molecule has 1 aliphatic heterocycles. The molecule has 1 saturated heterocycles. The van der Waals surface area contributed by atoms with Gasteiger partial charge in [0.2, 0.25) is 0 Å². The van der Waals surface area contributed by atoms with Gasteiger partial charge in [-0.15, -0.1) is 0 Å². The molecule has 1 saturated carbocycles. The molecule has 8 heteroatoms. The van der Waals surface area contributed by atoms with Crippen molar-refractivity contribution in [3.8, 4) is 34.9 Å². The van der Waals surface area contributed by atoms with Crippen molar-refractivity contribution in [2.75, 3.05) is 6.54 Å². The number of carbonyl (C=O) groups excluding carboxylic acids is 1. The van der Waals surface area contributed by atoms with Crippen molar-refractivity contribution in [3.63, 3.8) is 0 Å². The highest BCUT2D eigenvalue weighted by Crippen LogP contribution is 2.37. The van der Waals surface area contributed by atoms with Gasteiger partial charge >= 0.3 is 6.09 Å². The Hall–Kier alpha value is -3.52. The number of likely N-dealkylation sites (tertiary alicyclic amines) is 1. The molecule has 4 rings (SSSR count). The van der Waals surface area contributed by atoms with Gasteiger partial charge in [-0.2, -0.15) is 10.4 Å². The summed E-state index contributed by atoms with van der Waals surface area (Å²) in [5.41, 5.74) is 0.228. The van der Waals surface area contributed by atoms with Crippen LogP contribution in [-0.4, -0.2) is 45.1 Å². The zero-order valence-corrected chi connectivity index (χ0v) is 19.3. The minimum Gasteiger partial charge on any atom is -0.489 e. The largest absolute Gasteiger partial charge is 0.489 e. The van der Waals surface area contributed by atoms with Crippen molar-refractivity contribution in [2.45, 2.75) is 64.2 Å². The molecule has 1 atom stereocenters. The number of hydrogen-bond donors (Lipinski definition) is 0. The van der Waals surface area contributed by atoms with Gasteiger partial charge in [0.15, 0.2) is 0 Å². The SMILES string of the molecule is Cn1nccc1-c1c(F)c(C#CC2CCCN2C(=O)OC(C)(C)C)cc(OC2CC2)c1C#N. The number of hydrogen-bond acceptors (Lipinski definition) is 5. The second-order valence-electron chi connectivity index (χ2n) is 9.36. The van der Waals surface area contributed by atoms with Crippen molar-refractivity contribution >= 4 is 6.09 Å². The zero-order chi connectivity index (χ0) is 23.8. The van der Waals surface area contributed by atoms with Crippen molar-refractivity contribution < 1.29 is 18.7 Å². The number of aromatic nitrogens is 2. The fourth-order valence-electron chi connectivity index (χ4n) is 3.77. The summed E-state index contributed by atoms with van der Waals surface area (Å²) in [6.07, 6.45) is 4.43. The summed E-state index contributed by atoms with van der Waals surface area (Å²) >= 11 is 0. The van der Waals surface area contributed by atoms with Gasteiger partial charge in [0, 0.05) is 25.9 Å². The lowest BCUT2D eigenvalue weighted by molar-refractivity contribution is 0.0261. The third-order valence-corrected chi connectivity index (χ3v) is 5.49. The monoisotopic (exact) mass is 450 g/mol. The van der Waals surface area contributed by atoms with Crippen LogP contribution in [0, 0.1) is 29.0 Å². The number of amides is 1. The fourth-order valence-corrected chi connectivity index (χ4v) is 3.77. The summed E-state index contributed by atoms with van der Waals surface area (Å²) < 4.78 is 28.6. The maximum Gasteiger partial charge on any atom is 0.411 e. The van der Waals surface area contributed by atoms with E-state index < -0.39 is 17.5 Å². The van der Waals surface area contributed by atoms with Gasteiger partial charge in [-0.3, -0.25) is 9.58 Å². The van der Waals surface area contributed by atoms with E-state index in [4.69, 9.17) is 9.47 Å². The zero-order valence-electron chi connectivity index (χ0n) is 19.3. The smallest absolute Gasteiger partial charge is 0.411 e. The number of rotatable bonds is 3. The molecule has 172 valence electrons. The quantitative estimate of drug-likeness (QED) is 0.648. The van der Waals surface area contributed by atoms with Crippen LogP contribution in [0.3, 0.4) is 0 Å². The van der Waals surface area contributed by atoms with Crippen LogP contribution >= 0.6 is 0 Å². The van der Waals surface area contributed by atoms with Crippen LogP contribution in [0.1, 0.15) is 57.6 Å². The molecule has 1 aromatic carbocycles. The van der Waals surface area contributed by atoms with Crippen molar-refractivity contribution in [3.05, 3.63) is 35.3 Å². The van der Waals surface area contributed by atoms with Gasteiger partial charge in [0.1, 0.15) is 28.8 Å². The summed E-state index contributed by atoms with van der Waals surface area (Å²) in [5.74, 6) is 5.68. The van der Waals surface area contributed by atoms with Crippen LogP contribution < -0.4 is 4.74 Å². The van der Waals surface area contributed by atoms with Gasteiger partial charge in [-0.05, 0) is 52.5 Å². The Bertz CT molecular complexity index is 1180. The van der Waals surface area contributed by atoms with Crippen molar-refractivity contribution in [1.82, 2.24) is 14.7 Å². The average molecular weight is 451 g/mol. The lowest BCUT2D eigenvalue weighted by Crippen LogP contribution is -2.39. The minimum absolute atomic E-state index is 0.0280. The highest BCUT2D eigenvalue weighted by Gasteiger charge is 2.32. The van der Waals surface area contributed by atoms with E-state index in [0.717, 1.165) is 19.3 Å². The Morgan fingerprint density at radius 1 is 1.30 bits per heavy atom. The number of carbonyl (C=O) groups is 1. The molecule has 0 spiro atoms. The molecule has 1 aliphatic carbocycles. The topological polar surface area (TPSA) is 80.4 Å². The summed E-state index contributed by atoms with van der Waals surface area (Å²) in [7, 11) is 1.69. The molecule has 1 aromatic heterocycles. The highest BCUT2D eigenvalue weighted by atomic mass is 19.1. The van der Waals surface area contributed by atoms with Gasteiger partial charge in [0.25, 0.3) is 0 Å². The number of benzene rings is 1. The molecular weight excluding hydrogens is 423 g/mol. The minimum atomic E-state index is -0.607. The molecule has 2 aliphatic rings. The van der Waals surface area contributed by atoms with Crippen LogP contribution in [0.4, 0.5) is 9.18 Å². The molecular formula is C25H27FN4O3. The lowest BCUT2D eigenvalue weighted by atomic mass is 9.99. The maximum absolute atomic E-state index is 15.7. The standard InChI is InChI=1S/C25H27FN4O3/c1-25(2,3)33-24(31)30-13-5-6-17(30)8-7-16-14-21(32-18-9-10-18)19(15-27)22(23(16)26)20-11-12-28-29(20)4/h11-12,14,17-18H,5-6,9-10,13H2,1-4H3. The van der Waals surface area contributed by atoms with Crippen molar-refractivity contribution in [2.24, 2.45) is 7.05 Å². The van der Waals surface area contributed by atoms with E-state index in [0.29, 0.717) is 24.4 Å². The third-order valence-electron chi connectivity index (χ3n) is 5.49. The fraction of sp³-hybridized carbons (Fsp3) is 0.480. The summed E-state index contributed by atoms with van der Waals surface area (Å²) in [6.45, 7) is 5.99. The molecule has 0 N–H and O–H groups in total. The molecule has 1 amide bonds. The molecule has 2 heterocycles.